The van der Waals surface area contributed by atoms with Crippen molar-refractivity contribution in [2.24, 2.45) is 0 Å². The first-order chi connectivity index (χ1) is 9.95. The van der Waals surface area contributed by atoms with Gasteiger partial charge >= 0.3 is 0 Å². The zero-order valence-electron chi connectivity index (χ0n) is 11.0. The quantitative estimate of drug-likeness (QED) is 0.901. The fraction of sp³-hybridized carbons (Fsp3) is 0.154. The second-order valence-electron chi connectivity index (χ2n) is 4.50. The van der Waals surface area contributed by atoms with E-state index in [-0.39, 0.29) is 15.4 Å². The van der Waals surface area contributed by atoms with Crippen LogP contribution in [0, 0.1) is 0 Å². The summed E-state index contributed by atoms with van der Waals surface area (Å²) in [6.07, 6.45) is 0. The van der Waals surface area contributed by atoms with Crippen LogP contribution in [0.5, 0.6) is 0 Å². The molecule has 110 valence electrons. The van der Waals surface area contributed by atoms with Crippen LogP contribution in [0.4, 0.5) is 11.4 Å². The Morgan fingerprint density at radius 3 is 2.81 bits per heavy atom. The molecule has 0 saturated carbocycles. The zero-order chi connectivity index (χ0) is 15.0. The van der Waals surface area contributed by atoms with Crippen LogP contribution in [-0.4, -0.2) is 19.6 Å². The van der Waals surface area contributed by atoms with Gasteiger partial charge in [0.15, 0.2) is 0 Å². The van der Waals surface area contributed by atoms with Gasteiger partial charge in [0.25, 0.3) is 10.0 Å². The minimum absolute atomic E-state index is 0.0780. The fourth-order valence-corrected chi connectivity index (χ4v) is 4.87. The van der Waals surface area contributed by atoms with Crippen LogP contribution in [0.25, 0.3) is 0 Å². The normalized spacial score (nSPS) is 18.0. The molecule has 0 bridgehead atoms. The number of carbonyl (C=O) groups is 1. The van der Waals surface area contributed by atoms with Crippen LogP contribution in [-0.2, 0) is 14.8 Å². The van der Waals surface area contributed by atoms with Gasteiger partial charge in [-0.25, -0.2) is 8.42 Å². The summed E-state index contributed by atoms with van der Waals surface area (Å²) in [5.41, 5.74) is 1.06. The Morgan fingerprint density at radius 2 is 2.10 bits per heavy atom. The third-order valence-electron chi connectivity index (χ3n) is 2.92. The summed E-state index contributed by atoms with van der Waals surface area (Å²) in [4.78, 5) is 12.6. The van der Waals surface area contributed by atoms with Gasteiger partial charge in [0.05, 0.1) is 16.6 Å². The SMILES string of the molecule is CC1Sc2ccc(NS(=O)(=O)c3cccs3)cc2NC1=O. The summed E-state index contributed by atoms with van der Waals surface area (Å²) < 4.78 is 27.1. The first-order valence-electron chi connectivity index (χ1n) is 6.13. The van der Waals surface area contributed by atoms with Crippen molar-refractivity contribution in [1.29, 1.82) is 0 Å². The first-order valence-corrected chi connectivity index (χ1v) is 9.38. The predicted octanol–water partition coefficient (Wildman–Crippen LogP) is 2.98. The highest BCUT2D eigenvalue weighted by Gasteiger charge is 2.23. The summed E-state index contributed by atoms with van der Waals surface area (Å²) in [5.74, 6) is -0.0780. The lowest BCUT2D eigenvalue weighted by Crippen LogP contribution is -2.26. The topological polar surface area (TPSA) is 75.3 Å². The number of fused-ring (bicyclic) bond motifs is 1. The molecule has 3 rings (SSSR count). The number of amides is 1. The van der Waals surface area contributed by atoms with Crippen LogP contribution in [0.1, 0.15) is 6.92 Å². The van der Waals surface area contributed by atoms with Gasteiger partial charge in [0.2, 0.25) is 5.91 Å². The van der Waals surface area contributed by atoms with E-state index in [1.807, 2.05) is 13.0 Å². The highest BCUT2D eigenvalue weighted by atomic mass is 32.2. The summed E-state index contributed by atoms with van der Waals surface area (Å²) in [6, 6.07) is 8.37. The van der Waals surface area contributed by atoms with Crippen molar-refractivity contribution in [1.82, 2.24) is 0 Å². The van der Waals surface area contributed by atoms with Crippen molar-refractivity contribution >= 4 is 50.4 Å². The zero-order valence-corrected chi connectivity index (χ0v) is 13.4. The van der Waals surface area contributed by atoms with Gasteiger partial charge in [-0.1, -0.05) is 6.07 Å². The number of carbonyl (C=O) groups excluding carboxylic acids is 1. The van der Waals surface area contributed by atoms with Crippen LogP contribution in [0.3, 0.4) is 0 Å². The van der Waals surface area contributed by atoms with Gasteiger partial charge < -0.3 is 5.32 Å². The maximum Gasteiger partial charge on any atom is 0.271 e. The summed E-state index contributed by atoms with van der Waals surface area (Å²) in [7, 11) is -3.57. The number of hydrogen-bond acceptors (Lipinski definition) is 5. The molecule has 0 fully saturated rings. The minimum atomic E-state index is -3.57. The number of hydrogen-bond donors (Lipinski definition) is 2. The molecule has 1 aromatic heterocycles. The van der Waals surface area contributed by atoms with E-state index in [9.17, 15) is 13.2 Å². The van der Waals surface area contributed by atoms with E-state index in [4.69, 9.17) is 0 Å². The number of thioether (sulfide) groups is 1. The number of nitrogens with one attached hydrogen (secondary N) is 2. The highest BCUT2D eigenvalue weighted by molar-refractivity contribution is 8.01. The highest BCUT2D eigenvalue weighted by Crippen LogP contribution is 2.37. The summed E-state index contributed by atoms with van der Waals surface area (Å²) >= 11 is 2.61. The van der Waals surface area contributed by atoms with Gasteiger partial charge in [-0.2, -0.15) is 0 Å². The van der Waals surface area contributed by atoms with Gasteiger partial charge in [0, 0.05) is 4.90 Å². The molecule has 5 nitrogen and oxygen atoms in total. The Kier molecular flexibility index (Phi) is 3.68. The average Bonchev–Trinajstić information content (AvgIpc) is 2.95. The second kappa shape index (κ2) is 5.36. The van der Waals surface area contributed by atoms with E-state index in [0.717, 1.165) is 16.2 Å². The van der Waals surface area contributed by atoms with E-state index in [1.54, 1.807) is 29.6 Å². The van der Waals surface area contributed by atoms with Crippen molar-refractivity contribution in [3.8, 4) is 0 Å². The summed E-state index contributed by atoms with van der Waals surface area (Å²) in [6.45, 7) is 1.83. The fourth-order valence-electron chi connectivity index (χ4n) is 1.89. The molecule has 1 aliphatic rings. The Balaban J connectivity index is 1.88. The molecule has 1 atom stereocenters. The monoisotopic (exact) mass is 340 g/mol. The molecular formula is C13H12N2O3S3. The van der Waals surface area contributed by atoms with E-state index >= 15 is 0 Å². The third-order valence-corrected chi connectivity index (χ3v) is 6.88. The third kappa shape index (κ3) is 2.92. The van der Waals surface area contributed by atoms with Crippen LogP contribution >= 0.6 is 23.1 Å². The number of benzene rings is 1. The lowest BCUT2D eigenvalue weighted by Gasteiger charge is -2.22. The van der Waals surface area contributed by atoms with Gasteiger partial charge in [0.1, 0.15) is 4.21 Å². The number of thiophene rings is 1. The molecule has 1 aliphatic heterocycles. The molecule has 1 amide bonds. The van der Waals surface area contributed by atoms with E-state index in [1.165, 1.54) is 11.8 Å². The van der Waals surface area contributed by atoms with Gasteiger partial charge in [-0.05, 0) is 36.6 Å². The first kappa shape index (κ1) is 14.4. The lowest BCUT2D eigenvalue weighted by molar-refractivity contribution is -0.115. The van der Waals surface area contributed by atoms with Crippen molar-refractivity contribution < 1.29 is 13.2 Å². The molecule has 0 spiro atoms. The van der Waals surface area contributed by atoms with Crippen molar-refractivity contribution in [3.05, 3.63) is 35.7 Å². The van der Waals surface area contributed by atoms with E-state index < -0.39 is 10.0 Å². The smallest absolute Gasteiger partial charge is 0.271 e. The molecule has 21 heavy (non-hydrogen) atoms. The second-order valence-corrected chi connectivity index (χ2v) is 8.74. The molecule has 1 aromatic carbocycles. The van der Waals surface area contributed by atoms with E-state index in [2.05, 4.69) is 10.0 Å². The maximum atomic E-state index is 12.2. The molecule has 1 unspecified atom stereocenters. The standard InChI is InChI=1S/C13H12N2O3S3/c1-8-13(16)14-10-7-9(4-5-11(10)20-8)15-21(17,18)12-3-2-6-19-12/h2-8,15H,1H3,(H,14,16). The summed E-state index contributed by atoms with van der Waals surface area (Å²) in [5, 5.41) is 4.34. The van der Waals surface area contributed by atoms with Crippen molar-refractivity contribution in [2.45, 2.75) is 21.3 Å². The van der Waals surface area contributed by atoms with Gasteiger partial charge in [-0.15, -0.1) is 23.1 Å². The van der Waals surface area contributed by atoms with Crippen molar-refractivity contribution in [3.63, 3.8) is 0 Å². The van der Waals surface area contributed by atoms with Crippen LogP contribution in [0.2, 0.25) is 0 Å². The minimum Gasteiger partial charge on any atom is -0.324 e. The molecular weight excluding hydrogens is 328 g/mol. The number of sulfonamides is 1. The molecule has 2 heterocycles. The number of anilines is 2. The molecule has 0 saturated heterocycles. The number of rotatable bonds is 3. The molecule has 0 aliphatic carbocycles. The van der Waals surface area contributed by atoms with Crippen molar-refractivity contribution in [2.75, 3.05) is 10.0 Å². The Bertz CT molecular complexity index is 785. The predicted molar refractivity (Wildman–Crippen MR) is 85.5 cm³/mol. The largest absolute Gasteiger partial charge is 0.324 e. The molecule has 2 N–H and O–H groups in total. The molecule has 2 aromatic rings. The molecule has 8 heteroatoms. The van der Waals surface area contributed by atoms with Crippen LogP contribution < -0.4 is 10.0 Å². The lowest BCUT2D eigenvalue weighted by atomic mass is 10.2. The Hall–Kier alpha value is -1.51. The maximum absolute atomic E-state index is 12.2. The van der Waals surface area contributed by atoms with Crippen LogP contribution in [0.15, 0.2) is 44.8 Å². The average molecular weight is 340 g/mol. The van der Waals surface area contributed by atoms with E-state index in [0.29, 0.717) is 11.4 Å². The Labute approximate surface area is 130 Å². The van der Waals surface area contributed by atoms with Gasteiger partial charge in [-0.3, -0.25) is 9.52 Å². The molecule has 0 radical (unpaired) electrons. The Morgan fingerprint density at radius 1 is 1.29 bits per heavy atom.